The first-order chi connectivity index (χ1) is 9.44. The van der Waals surface area contributed by atoms with E-state index in [2.05, 4.69) is 5.32 Å². The van der Waals surface area contributed by atoms with Crippen molar-refractivity contribution in [2.75, 3.05) is 5.32 Å². The highest BCUT2D eigenvalue weighted by molar-refractivity contribution is 6.31. The lowest BCUT2D eigenvalue weighted by Gasteiger charge is -2.06. The number of benzene rings is 1. The van der Waals surface area contributed by atoms with Gasteiger partial charge in [0.25, 0.3) is 5.69 Å². The summed E-state index contributed by atoms with van der Waals surface area (Å²) >= 11 is 5.50. The summed E-state index contributed by atoms with van der Waals surface area (Å²) in [6.45, 7) is 0. The number of nitro groups is 1. The fourth-order valence-electron chi connectivity index (χ4n) is 1.21. The van der Waals surface area contributed by atoms with Gasteiger partial charge in [0, 0.05) is 0 Å². The lowest BCUT2D eigenvalue weighted by Crippen LogP contribution is -2.04. The summed E-state index contributed by atoms with van der Waals surface area (Å²) in [5.74, 6) is -1.01. The Morgan fingerprint density at radius 1 is 1.30 bits per heavy atom. The van der Waals surface area contributed by atoms with Crippen LogP contribution in [0.25, 0.3) is 0 Å². The van der Waals surface area contributed by atoms with Crippen LogP contribution in [0.4, 0.5) is 15.8 Å². The molecule has 0 atom stereocenters. The van der Waals surface area contributed by atoms with Crippen LogP contribution in [0.2, 0.25) is 5.02 Å². The molecule has 0 heterocycles. The number of nitrogens with one attached hydrogen (secondary N) is 1. The second kappa shape index (κ2) is 6.14. The molecule has 0 bridgehead atoms. The van der Waals surface area contributed by atoms with Crippen LogP contribution in [0.3, 0.4) is 0 Å². The van der Waals surface area contributed by atoms with Crippen LogP contribution in [-0.4, -0.2) is 4.92 Å². The van der Waals surface area contributed by atoms with Crippen LogP contribution < -0.4 is 5.32 Å². The molecule has 7 nitrogen and oxygen atoms in total. The van der Waals surface area contributed by atoms with E-state index in [0.29, 0.717) is 6.07 Å². The van der Waals surface area contributed by atoms with Gasteiger partial charge in [0.05, 0.1) is 16.0 Å². The maximum Gasteiger partial charge on any atom is 0.295 e. The maximum absolute atomic E-state index is 13.2. The van der Waals surface area contributed by atoms with E-state index in [9.17, 15) is 14.5 Å². The average molecular weight is 292 g/mol. The molecule has 0 aromatic heterocycles. The monoisotopic (exact) mass is 291 g/mol. The molecule has 0 saturated heterocycles. The molecule has 20 heavy (non-hydrogen) atoms. The van der Waals surface area contributed by atoms with Crippen molar-refractivity contribution in [1.82, 2.24) is 0 Å². The van der Waals surface area contributed by atoms with Gasteiger partial charge in [0.1, 0.15) is 35.4 Å². The average Bonchev–Trinajstić information content (AvgIpc) is 2.42. The first-order valence-electron chi connectivity index (χ1n) is 4.79. The van der Waals surface area contributed by atoms with Crippen molar-refractivity contribution in [3.63, 3.8) is 0 Å². The summed E-state index contributed by atoms with van der Waals surface area (Å²) in [5, 5.41) is 38.7. The molecule has 98 valence electrons. The van der Waals surface area contributed by atoms with E-state index in [0.717, 1.165) is 6.07 Å². The van der Waals surface area contributed by atoms with Gasteiger partial charge in [-0.25, -0.2) is 4.39 Å². The fraction of sp³-hybridized carbons (Fsp3) is 0. The summed E-state index contributed by atoms with van der Waals surface area (Å²) in [6, 6.07) is 5.88. The lowest BCUT2D eigenvalue weighted by atomic mass is 10.2. The molecule has 1 aromatic rings. The van der Waals surface area contributed by atoms with E-state index >= 15 is 0 Å². The minimum Gasteiger partial charge on any atom is -0.339 e. The Morgan fingerprint density at radius 2 is 1.90 bits per heavy atom. The Hall–Kier alpha value is -3.15. The molecule has 1 aromatic carbocycles. The quantitative estimate of drug-likeness (QED) is 0.518. The highest BCUT2D eigenvalue weighted by Gasteiger charge is 2.19. The van der Waals surface area contributed by atoms with Crippen LogP contribution in [0.1, 0.15) is 0 Å². The summed E-state index contributed by atoms with van der Waals surface area (Å²) in [5.41, 5.74) is -2.06. The molecule has 9 heteroatoms. The Morgan fingerprint density at radius 3 is 2.35 bits per heavy atom. The topological polar surface area (TPSA) is 127 Å². The van der Waals surface area contributed by atoms with Crippen LogP contribution in [0.15, 0.2) is 23.4 Å². The molecule has 0 spiro atoms. The van der Waals surface area contributed by atoms with E-state index in [1.807, 2.05) is 0 Å². The molecule has 0 aliphatic rings. The number of hydrogen-bond acceptors (Lipinski definition) is 6. The zero-order valence-electron chi connectivity index (χ0n) is 9.52. The highest BCUT2D eigenvalue weighted by atomic mass is 35.5. The summed E-state index contributed by atoms with van der Waals surface area (Å²) in [6.07, 6.45) is 0. The zero-order valence-corrected chi connectivity index (χ0v) is 10.3. The van der Waals surface area contributed by atoms with Crippen molar-refractivity contribution in [3.05, 3.63) is 44.4 Å². The smallest absolute Gasteiger partial charge is 0.295 e. The first kappa shape index (κ1) is 14.9. The van der Waals surface area contributed by atoms with E-state index in [1.165, 1.54) is 18.2 Å². The number of nitrogens with zero attached hydrogens (tertiary/aromatic N) is 4. The van der Waals surface area contributed by atoms with Gasteiger partial charge >= 0.3 is 0 Å². The molecule has 0 fully saturated rings. The van der Waals surface area contributed by atoms with Crippen LogP contribution in [0.5, 0.6) is 0 Å². The third-order valence-electron chi connectivity index (χ3n) is 2.08. The third kappa shape index (κ3) is 2.99. The number of halogens is 2. The minimum atomic E-state index is -1.01. The highest BCUT2D eigenvalue weighted by Crippen LogP contribution is 2.31. The Labute approximate surface area is 116 Å². The van der Waals surface area contributed by atoms with E-state index in [1.54, 1.807) is 0 Å². The number of hydrogen-bond donors (Lipinski definition) is 1. The Bertz CT molecular complexity index is 723. The van der Waals surface area contributed by atoms with Gasteiger partial charge in [0.15, 0.2) is 5.57 Å². The number of rotatable bonds is 3. The van der Waals surface area contributed by atoms with E-state index < -0.39 is 32.7 Å². The van der Waals surface area contributed by atoms with Crippen molar-refractivity contribution in [2.45, 2.75) is 0 Å². The van der Waals surface area contributed by atoms with Crippen molar-refractivity contribution in [1.29, 1.82) is 15.8 Å². The molecule has 0 amide bonds. The zero-order chi connectivity index (χ0) is 15.3. The van der Waals surface area contributed by atoms with Gasteiger partial charge in [-0.2, -0.15) is 15.8 Å². The molecule has 0 aliphatic heterocycles. The van der Waals surface area contributed by atoms with E-state index in [4.69, 9.17) is 27.4 Å². The third-order valence-corrected chi connectivity index (χ3v) is 2.37. The Balaban J connectivity index is 3.43. The molecular formula is C11H3ClFN5O2. The normalized spacial score (nSPS) is 8.75. The van der Waals surface area contributed by atoms with Gasteiger partial charge in [-0.15, -0.1) is 0 Å². The van der Waals surface area contributed by atoms with Crippen LogP contribution >= 0.6 is 11.6 Å². The molecule has 1 rings (SSSR count). The number of anilines is 1. The van der Waals surface area contributed by atoms with E-state index in [-0.39, 0.29) is 5.69 Å². The lowest BCUT2D eigenvalue weighted by molar-refractivity contribution is -0.384. The predicted octanol–water partition coefficient (Wildman–Crippen LogP) is 2.62. The first-order valence-corrected chi connectivity index (χ1v) is 5.17. The molecule has 0 unspecified atom stereocenters. The summed E-state index contributed by atoms with van der Waals surface area (Å²) in [4.78, 5) is 9.90. The largest absolute Gasteiger partial charge is 0.339 e. The van der Waals surface area contributed by atoms with Crippen LogP contribution in [0, 0.1) is 49.9 Å². The van der Waals surface area contributed by atoms with Gasteiger partial charge in [-0.3, -0.25) is 10.1 Å². The fourth-order valence-corrected chi connectivity index (χ4v) is 1.37. The van der Waals surface area contributed by atoms with Crippen molar-refractivity contribution in [2.24, 2.45) is 0 Å². The molecular weight excluding hydrogens is 289 g/mol. The maximum atomic E-state index is 13.2. The molecule has 0 aliphatic carbocycles. The Kier molecular flexibility index (Phi) is 4.58. The minimum absolute atomic E-state index is 0.305. The van der Waals surface area contributed by atoms with Gasteiger partial charge in [-0.05, 0) is 6.07 Å². The molecule has 0 radical (unpaired) electrons. The SMILES string of the molecule is N#CC(C#N)=C(C#N)Nc1cc(Cl)c(F)cc1[N+](=O)[O-]. The van der Waals surface area contributed by atoms with Gasteiger partial charge < -0.3 is 5.32 Å². The standard InChI is InChI=1S/C11H3ClFN5O2/c12-7-1-9(11(18(19)20)2-8(7)13)17-10(5-16)6(3-14)4-15/h1-2,17H. The second-order valence-corrected chi connectivity index (χ2v) is 3.66. The second-order valence-electron chi connectivity index (χ2n) is 3.25. The van der Waals surface area contributed by atoms with Crippen LogP contribution in [-0.2, 0) is 0 Å². The van der Waals surface area contributed by atoms with Crippen molar-refractivity contribution >= 4 is 23.0 Å². The number of nitro benzene ring substituents is 1. The van der Waals surface area contributed by atoms with Gasteiger partial charge in [0.2, 0.25) is 0 Å². The number of nitriles is 3. The summed E-state index contributed by atoms with van der Waals surface area (Å²) in [7, 11) is 0. The van der Waals surface area contributed by atoms with Gasteiger partial charge in [-0.1, -0.05) is 11.6 Å². The van der Waals surface area contributed by atoms with Crippen molar-refractivity contribution < 1.29 is 9.31 Å². The predicted molar refractivity (Wildman–Crippen MR) is 65.6 cm³/mol. The summed E-state index contributed by atoms with van der Waals surface area (Å²) < 4.78 is 13.2. The molecule has 1 N–H and O–H groups in total. The molecule has 0 saturated carbocycles. The number of allylic oxidation sites excluding steroid dienone is 2. The van der Waals surface area contributed by atoms with Crippen molar-refractivity contribution in [3.8, 4) is 18.2 Å².